The molecule has 7 nitrogen and oxygen atoms in total. The van der Waals surface area contributed by atoms with E-state index in [-0.39, 0.29) is 17.5 Å². The molecule has 0 bridgehead atoms. The van der Waals surface area contributed by atoms with Crippen molar-refractivity contribution in [3.63, 3.8) is 0 Å². The van der Waals surface area contributed by atoms with Crippen LogP contribution in [-0.4, -0.2) is 45.3 Å². The Morgan fingerprint density at radius 1 is 1.19 bits per heavy atom. The highest BCUT2D eigenvalue weighted by atomic mass is 35.5. The maximum atomic E-state index is 13.3. The molecule has 0 spiro atoms. The molecule has 0 aliphatic carbocycles. The smallest absolute Gasteiger partial charge is 0.335 e. The van der Waals surface area contributed by atoms with Crippen LogP contribution in [0.1, 0.15) is 6.92 Å². The summed E-state index contributed by atoms with van der Waals surface area (Å²) in [6.07, 6.45) is 0. The maximum absolute atomic E-state index is 13.3. The van der Waals surface area contributed by atoms with E-state index in [9.17, 15) is 4.79 Å². The first-order chi connectivity index (χ1) is 13.2. The lowest BCUT2D eigenvalue weighted by Crippen LogP contribution is -2.44. The van der Waals surface area contributed by atoms with Crippen molar-refractivity contribution in [3.05, 3.63) is 46.1 Å². The largest absolute Gasteiger partial charge is 0.352 e. The Hall–Kier alpha value is -2.82. The lowest BCUT2D eigenvalue weighted by atomic mass is 10.3. The quantitative estimate of drug-likeness (QED) is 0.551. The number of hydrogen-bond donors (Lipinski definition) is 1. The second-order valence-corrected chi connectivity index (χ2v) is 6.53. The van der Waals surface area contributed by atoms with Crippen molar-refractivity contribution in [2.45, 2.75) is 13.5 Å². The Labute approximate surface area is 161 Å². The van der Waals surface area contributed by atoms with Gasteiger partial charge in [-0.1, -0.05) is 24.1 Å². The predicted molar refractivity (Wildman–Crippen MR) is 107 cm³/mol. The number of aromatic nitrogens is 4. The van der Waals surface area contributed by atoms with Gasteiger partial charge in [0.15, 0.2) is 11.5 Å². The van der Waals surface area contributed by atoms with E-state index in [2.05, 4.69) is 32.0 Å². The highest BCUT2D eigenvalue weighted by Crippen LogP contribution is 2.27. The number of halogens is 1. The van der Waals surface area contributed by atoms with Crippen molar-refractivity contribution in [3.8, 4) is 17.5 Å². The average Bonchev–Trinajstić information content (AvgIpc) is 2.98. The summed E-state index contributed by atoms with van der Waals surface area (Å²) < 4.78 is 3.21. The Balaban J connectivity index is 2.04. The van der Waals surface area contributed by atoms with Crippen molar-refractivity contribution in [2.75, 3.05) is 31.1 Å². The third-order valence-corrected chi connectivity index (χ3v) is 4.74. The SMILES string of the molecule is CC#CCn1c(=O)n(-c2ccccc2)c2nc(Cl)nc(N3CCNCC3)c21. The number of nitrogens with one attached hydrogen (secondary N) is 1. The first kappa shape index (κ1) is 17.6. The van der Waals surface area contributed by atoms with Crippen LogP contribution < -0.4 is 15.9 Å². The number of fused-ring (bicyclic) bond motifs is 1. The van der Waals surface area contributed by atoms with Gasteiger partial charge in [-0.05, 0) is 30.7 Å². The fourth-order valence-corrected chi connectivity index (χ4v) is 3.48. The summed E-state index contributed by atoms with van der Waals surface area (Å²) in [4.78, 5) is 24.3. The molecule has 0 radical (unpaired) electrons. The van der Waals surface area contributed by atoms with Gasteiger partial charge in [0.1, 0.15) is 5.52 Å². The highest BCUT2D eigenvalue weighted by molar-refractivity contribution is 6.28. The molecule has 27 heavy (non-hydrogen) atoms. The number of hydrogen-bond acceptors (Lipinski definition) is 5. The minimum atomic E-state index is -0.202. The van der Waals surface area contributed by atoms with Gasteiger partial charge >= 0.3 is 5.69 Å². The second kappa shape index (κ2) is 7.43. The molecule has 0 saturated carbocycles. The predicted octanol–water partition coefficient (Wildman–Crippen LogP) is 1.67. The summed E-state index contributed by atoms with van der Waals surface area (Å²) in [5.41, 5.74) is 1.69. The second-order valence-electron chi connectivity index (χ2n) is 6.19. The van der Waals surface area contributed by atoms with Crippen LogP contribution in [0.4, 0.5) is 5.82 Å². The van der Waals surface area contributed by atoms with Gasteiger partial charge in [-0.3, -0.25) is 4.57 Å². The topological polar surface area (TPSA) is 68.0 Å². The maximum Gasteiger partial charge on any atom is 0.335 e. The van der Waals surface area contributed by atoms with E-state index in [1.807, 2.05) is 30.3 Å². The number of anilines is 1. The number of rotatable bonds is 3. The fourth-order valence-electron chi connectivity index (χ4n) is 3.32. The molecule has 1 aliphatic rings. The molecular weight excluding hydrogens is 364 g/mol. The van der Waals surface area contributed by atoms with Gasteiger partial charge in [-0.15, -0.1) is 5.92 Å². The minimum Gasteiger partial charge on any atom is -0.352 e. The Kier molecular flexibility index (Phi) is 4.84. The summed E-state index contributed by atoms with van der Waals surface area (Å²) >= 11 is 6.25. The molecule has 8 heteroatoms. The third kappa shape index (κ3) is 3.18. The minimum absolute atomic E-state index is 0.124. The van der Waals surface area contributed by atoms with E-state index in [0.717, 1.165) is 31.9 Å². The Bertz CT molecular complexity index is 1090. The van der Waals surface area contributed by atoms with E-state index in [0.29, 0.717) is 17.0 Å². The molecule has 0 atom stereocenters. The third-order valence-electron chi connectivity index (χ3n) is 4.57. The molecule has 1 aliphatic heterocycles. The lowest BCUT2D eigenvalue weighted by molar-refractivity contribution is 0.585. The van der Waals surface area contributed by atoms with Crippen LogP contribution in [0, 0.1) is 11.8 Å². The van der Waals surface area contributed by atoms with Crippen LogP contribution in [0.25, 0.3) is 16.9 Å². The monoisotopic (exact) mass is 382 g/mol. The van der Waals surface area contributed by atoms with Crippen LogP contribution in [0.5, 0.6) is 0 Å². The zero-order valence-corrected chi connectivity index (χ0v) is 15.7. The van der Waals surface area contributed by atoms with Gasteiger partial charge in [-0.2, -0.15) is 9.97 Å². The van der Waals surface area contributed by atoms with Crippen LogP contribution in [0.2, 0.25) is 5.28 Å². The molecule has 0 amide bonds. The van der Waals surface area contributed by atoms with Crippen LogP contribution in [0.3, 0.4) is 0 Å². The van der Waals surface area contributed by atoms with Crippen LogP contribution >= 0.6 is 11.6 Å². The summed E-state index contributed by atoms with van der Waals surface area (Å²) in [7, 11) is 0. The van der Waals surface area contributed by atoms with E-state index in [1.54, 1.807) is 16.1 Å². The molecule has 3 heterocycles. The van der Waals surface area contributed by atoms with Gasteiger partial charge in [0.25, 0.3) is 0 Å². The lowest BCUT2D eigenvalue weighted by Gasteiger charge is -2.28. The molecule has 1 N–H and O–H groups in total. The van der Waals surface area contributed by atoms with Gasteiger partial charge < -0.3 is 10.2 Å². The first-order valence-electron chi connectivity index (χ1n) is 8.80. The zero-order valence-electron chi connectivity index (χ0n) is 14.9. The van der Waals surface area contributed by atoms with Gasteiger partial charge in [-0.25, -0.2) is 9.36 Å². The molecule has 1 saturated heterocycles. The van der Waals surface area contributed by atoms with Gasteiger partial charge in [0, 0.05) is 26.2 Å². The number of imidazole rings is 1. The summed E-state index contributed by atoms with van der Waals surface area (Å²) in [6, 6.07) is 9.42. The first-order valence-corrected chi connectivity index (χ1v) is 9.18. The summed E-state index contributed by atoms with van der Waals surface area (Å²) in [5, 5.41) is 3.45. The molecule has 2 aromatic heterocycles. The standard InChI is InChI=1S/C19H19ClN6O/c1-2-3-11-25-15-16(24-12-9-21-10-13-24)22-18(20)23-17(15)26(19(25)27)14-7-5-4-6-8-14/h4-8,21H,9-13H2,1H3. The Morgan fingerprint density at radius 2 is 1.93 bits per heavy atom. The molecule has 0 unspecified atom stereocenters. The molecule has 1 fully saturated rings. The van der Waals surface area contributed by atoms with Crippen LogP contribution in [-0.2, 0) is 6.54 Å². The van der Waals surface area contributed by atoms with Gasteiger partial charge in [0.05, 0.1) is 12.2 Å². The molecule has 138 valence electrons. The van der Waals surface area contributed by atoms with E-state index in [1.165, 1.54) is 0 Å². The van der Waals surface area contributed by atoms with Crippen molar-refractivity contribution in [1.29, 1.82) is 0 Å². The normalized spacial score (nSPS) is 14.2. The molecule has 3 aromatic rings. The number of para-hydroxylation sites is 1. The van der Waals surface area contributed by atoms with Crippen molar-refractivity contribution < 1.29 is 0 Å². The van der Waals surface area contributed by atoms with Crippen molar-refractivity contribution >= 4 is 28.6 Å². The van der Waals surface area contributed by atoms with E-state index in [4.69, 9.17) is 11.6 Å². The van der Waals surface area contributed by atoms with Crippen molar-refractivity contribution in [1.82, 2.24) is 24.4 Å². The fraction of sp³-hybridized carbons (Fsp3) is 0.316. The summed E-state index contributed by atoms with van der Waals surface area (Å²) in [5.74, 6) is 6.52. The van der Waals surface area contributed by atoms with Crippen molar-refractivity contribution in [2.24, 2.45) is 0 Å². The number of piperazine rings is 1. The zero-order chi connectivity index (χ0) is 18.8. The summed E-state index contributed by atoms with van der Waals surface area (Å²) in [6.45, 7) is 5.30. The molecule has 4 rings (SSSR count). The van der Waals surface area contributed by atoms with Crippen LogP contribution in [0.15, 0.2) is 35.1 Å². The molecular formula is C19H19ClN6O. The van der Waals surface area contributed by atoms with E-state index < -0.39 is 0 Å². The average molecular weight is 383 g/mol. The number of benzene rings is 1. The Morgan fingerprint density at radius 3 is 2.63 bits per heavy atom. The highest BCUT2D eigenvalue weighted by Gasteiger charge is 2.24. The molecule has 1 aromatic carbocycles. The number of nitrogens with zero attached hydrogens (tertiary/aromatic N) is 5. The van der Waals surface area contributed by atoms with E-state index >= 15 is 0 Å². The van der Waals surface area contributed by atoms with Gasteiger partial charge in [0.2, 0.25) is 5.28 Å².